The van der Waals surface area contributed by atoms with Crippen molar-refractivity contribution in [1.82, 2.24) is 9.80 Å². The molecule has 86 heavy (non-hydrogen) atoms. The molecule has 0 radical (unpaired) electrons. The molecule has 8 aliphatic rings. The SMILES string of the molecule is C.CC(=O)N1CCC(C(C)(C)C)CC1.CC(C)(C)C1CCOC1.CC(C)(C)C1CCOCC1.CC(C)(C)C1CCS(=O)CC1.CC(C)(C)C1COC1.CC(C)(C)CC1CC1.CC(C)(C)N1CCOCC1.CC(C)(C)[C@@H]1CCOC1.CC(C)C(C)(C)C. The molecule has 1 saturated carbocycles. The molecule has 0 N–H and O–H groups in total. The second-order valence-corrected chi connectivity index (χ2v) is 38.5. The molecule has 8 fully saturated rings. The standard InChI is InChI=1S/C11H21NO.C9H18OS.C9H18O.C8H17NO.2C8H16O.C8H16.C7H14O.C7H16.CH4/c1-9(13)12-7-5-10(6-8-12)11(2,3)4;1-9(2,3)8-4-6-11(10)7-5-8;1-9(2,3)8-4-6-10-7-5-8;1-8(2,3)9-4-6-10-7-5-9;2*1-8(2,3)7-4-5-9-6-7;1-8(2,3)6-7-4-5-7;1-7(2,3)6-4-8-5-6;1-6(2)7(3,4)5;/h10H,5-8H2,1-4H3;8H,4-7H2,1-3H3;8H,4-7H2,1-3H3;4-7H2,1-3H3;2*7H,4-6H2,1-3H3;7H,4-6H2,1-3H3;6H,4-5H2,1-3H3;6H,1-5H3;1H4/t;;;;7-;;;;;/m....1...../s1. The second kappa shape index (κ2) is 39.8. The van der Waals surface area contributed by atoms with Gasteiger partial charge in [-0.25, -0.2) is 0 Å². The molecule has 0 aromatic carbocycles. The molecule has 7 saturated heterocycles. The van der Waals surface area contributed by atoms with Crippen LogP contribution in [0.3, 0.4) is 0 Å². The lowest BCUT2D eigenvalue weighted by atomic mass is 9.75. The van der Waals surface area contributed by atoms with E-state index in [1.165, 1.54) is 57.8 Å². The number of hydrogen-bond donors (Lipinski definition) is 0. The van der Waals surface area contributed by atoms with E-state index < -0.39 is 10.8 Å². The number of amides is 1. The second-order valence-electron chi connectivity index (χ2n) is 36.8. The van der Waals surface area contributed by atoms with E-state index in [1.807, 2.05) is 4.90 Å². The molecule has 1 aliphatic carbocycles. The molecule has 0 bridgehead atoms. The number of ether oxygens (including phenoxy) is 5. The van der Waals surface area contributed by atoms with Gasteiger partial charge < -0.3 is 28.6 Å². The highest BCUT2D eigenvalue weighted by atomic mass is 32.2. The number of nitrogens with zero attached hydrogens (tertiary/aromatic N) is 2. The lowest BCUT2D eigenvalue weighted by Gasteiger charge is -2.38. The van der Waals surface area contributed by atoms with Gasteiger partial charge in [-0.15, -0.1) is 0 Å². The molecule has 9 nitrogen and oxygen atoms in total. The van der Waals surface area contributed by atoms with E-state index in [2.05, 4.69) is 206 Å². The predicted octanol–water partition coefficient (Wildman–Crippen LogP) is 20.0. The zero-order valence-electron chi connectivity index (χ0n) is 62.9. The third kappa shape index (κ3) is 42.5. The summed E-state index contributed by atoms with van der Waals surface area (Å²) in [7, 11) is -0.496. The summed E-state index contributed by atoms with van der Waals surface area (Å²) >= 11 is 0. The maximum Gasteiger partial charge on any atom is 0.219 e. The Kier molecular flexibility index (Phi) is 40.5. The van der Waals surface area contributed by atoms with Crippen LogP contribution < -0.4 is 0 Å². The van der Waals surface area contributed by atoms with Crippen LogP contribution in [-0.4, -0.2) is 129 Å². The summed E-state index contributed by atoms with van der Waals surface area (Å²) in [5.41, 5.74) is 4.10. The maximum absolute atomic E-state index is 11.1. The number of morpholine rings is 1. The highest BCUT2D eigenvalue weighted by molar-refractivity contribution is 7.85. The quantitative estimate of drug-likeness (QED) is 0.257. The lowest BCUT2D eigenvalue weighted by Crippen LogP contribution is -2.47. The summed E-state index contributed by atoms with van der Waals surface area (Å²) in [4.78, 5) is 15.5. The molecule has 0 aromatic rings. The Balaban J connectivity index is 0. The summed E-state index contributed by atoms with van der Waals surface area (Å²) in [6.07, 6.45) is 14.1. The van der Waals surface area contributed by atoms with Gasteiger partial charge in [0, 0.05) is 107 Å². The smallest absolute Gasteiger partial charge is 0.219 e. The van der Waals surface area contributed by atoms with Crippen LogP contribution in [0.5, 0.6) is 0 Å². The number of carbonyl (C=O) groups is 1. The van der Waals surface area contributed by atoms with Crippen LogP contribution in [-0.2, 0) is 39.3 Å². The van der Waals surface area contributed by atoms with Gasteiger partial charge in [0.2, 0.25) is 5.91 Å². The number of hydrogen-bond acceptors (Lipinski definition) is 8. The van der Waals surface area contributed by atoms with Gasteiger partial charge in [-0.1, -0.05) is 200 Å². The van der Waals surface area contributed by atoms with Crippen molar-refractivity contribution in [2.75, 3.05) is 104 Å². The molecule has 0 aromatic heterocycles. The Morgan fingerprint density at radius 3 is 0.907 bits per heavy atom. The Morgan fingerprint density at radius 2 is 0.709 bits per heavy atom. The van der Waals surface area contributed by atoms with Gasteiger partial charge in [-0.2, -0.15) is 0 Å². The van der Waals surface area contributed by atoms with Crippen LogP contribution in [0.1, 0.15) is 286 Å². The topological polar surface area (TPSA) is 86.8 Å². The van der Waals surface area contributed by atoms with Gasteiger partial charge in [0.25, 0.3) is 0 Å². The lowest BCUT2D eigenvalue weighted by molar-refractivity contribution is -0.130. The monoisotopic (exact) mass is 1240 g/mol. The molecule has 1 unspecified atom stereocenters. The largest absolute Gasteiger partial charge is 0.381 e. The average molecular weight is 1240 g/mol. The van der Waals surface area contributed by atoms with Crippen molar-refractivity contribution in [2.24, 2.45) is 90.7 Å². The fourth-order valence-corrected chi connectivity index (χ4v) is 12.2. The Hall–Kier alpha value is -0.620. The minimum absolute atomic E-state index is 0. The van der Waals surface area contributed by atoms with Crippen LogP contribution in [0.15, 0.2) is 0 Å². The normalized spacial score (nSPS) is 24.0. The van der Waals surface area contributed by atoms with Crippen LogP contribution in [0.4, 0.5) is 0 Å². The molecule has 2 atom stereocenters. The summed E-state index contributed by atoms with van der Waals surface area (Å²) in [6, 6.07) is 0. The third-order valence-electron chi connectivity index (χ3n) is 19.7. The minimum atomic E-state index is -0.496. The number of piperidine rings is 1. The predicted molar refractivity (Wildman–Crippen MR) is 378 cm³/mol. The van der Waals surface area contributed by atoms with E-state index in [4.69, 9.17) is 23.7 Å². The van der Waals surface area contributed by atoms with E-state index in [0.717, 1.165) is 164 Å². The van der Waals surface area contributed by atoms with E-state index >= 15 is 0 Å². The van der Waals surface area contributed by atoms with E-state index in [0.29, 0.717) is 48.9 Å². The van der Waals surface area contributed by atoms with Gasteiger partial charge in [-0.05, 0) is 163 Å². The van der Waals surface area contributed by atoms with Gasteiger partial charge in [0.1, 0.15) is 0 Å². The van der Waals surface area contributed by atoms with Crippen LogP contribution in [0.25, 0.3) is 0 Å². The van der Waals surface area contributed by atoms with Crippen molar-refractivity contribution in [3.8, 4) is 0 Å². The van der Waals surface area contributed by atoms with Gasteiger partial charge >= 0.3 is 0 Å². The van der Waals surface area contributed by atoms with Gasteiger partial charge in [-0.3, -0.25) is 13.9 Å². The first kappa shape index (κ1) is 87.4. The maximum atomic E-state index is 11.1. The van der Waals surface area contributed by atoms with Crippen LogP contribution in [0, 0.1) is 90.7 Å². The first-order valence-corrected chi connectivity index (χ1v) is 36.2. The Morgan fingerprint density at radius 1 is 0.407 bits per heavy atom. The molecule has 8 rings (SSSR count). The first-order chi connectivity index (χ1) is 38.5. The molecule has 1 amide bonds. The molecule has 10 heteroatoms. The number of likely N-dealkylation sites (tertiary alicyclic amines) is 1. The van der Waals surface area contributed by atoms with Crippen LogP contribution in [0.2, 0.25) is 0 Å². The zero-order chi connectivity index (χ0) is 66.1. The summed E-state index contributed by atoms with van der Waals surface area (Å²) in [5, 5.41) is 0. The van der Waals surface area contributed by atoms with Crippen molar-refractivity contribution < 1.29 is 32.7 Å². The summed E-state index contributed by atoms with van der Waals surface area (Å²) in [6.45, 7) is 81.5. The van der Waals surface area contributed by atoms with E-state index in [9.17, 15) is 9.00 Å². The Labute approximate surface area is 542 Å². The first-order valence-electron chi connectivity index (χ1n) is 34.7. The molecule has 7 aliphatic heterocycles. The third-order valence-corrected chi connectivity index (χ3v) is 21.1. The number of carbonyl (C=O) groups excluding carboxylic acids is 1. The van der Waals surface area contributed by atoms with Crippen molar-refractivity contribution in [2.45, 2.75) is 291 Å². The van der Waals surface area contributed by atoms with E-state index in [1.54, 1.807) is 6.92 Å². The minimum Gasteiger partial charge on any atom is -0.381 e. The fraction of sp³-hybridized carbons (Fsp3) is 0.987. The van der Waals surface area contributed by atoms with Crippen LogP contribution >= 0.6 is 0 Å². The zero-order valence-corrected chi connectivity index (χ0v) is 63.7. The fourth-order valence-electron chi connectivity index (χ4n) is 10.9. The molecular weight excluding hydrogens is 1080 g/mol. The summed E-state index contributed by atoms with van der Waals surface area (Å²) < 4.78 is 37.2. The van der Waals surface area contributed by atoms with Gasteiger partial charge in [0.15, 0.2) is 0 Å². The molecule has 0 spiro atoms. The number of rotatable bonds is 1. The highest BCUT2D eigenvalue weighted by Crippen LogP contribution is 2.40. The average Bonchev–Trinajstić information content (AvgIpc) is 3.88. The van der Waals surface area contributed by atoms with Crippen molar-refractivity contribution in [1.29, 1.82) is 0 Å². The Bertz CT molecular complexity index is 1650. The summed E-state index contributed by atoms with van der Waals surface area (Å²) in [5.74, 6) is 8.82. The molecular formula is C76H156N2O7S. The highest BCUT2D eigenvalue weighted by Gasteiger charge is 2.33. The van der Waals surface area contributed by atoms with Crippen molar-refractivity contribution in [3.63, 3.8) is 0 Å². The van der Waals surface area contributed by atoms with E-state index in [-0.39, 0.29) is 13.3 Å². The van der Waals surface area contributed by atoms with Crippen molar-refractivity contribution >= 4 is 16.7 Å². The van der Waals surface area contributed by atoms with Gasteiger partial charge in [0.05, 0.1) is 26.4 Å². The van der Waals surface area contributed by atoms with Crippen molar-refractivity contribution in [3.05, 3.63) is 0 Å². The molecule has 518 valence electrons. The molecule has 7 heterocycles.